The fourth-order valence-corrected chi connectivity index (χ4v) is 4.00. The molecule has 0 saturated heterocycles. The predicted molar refractivity (Wildman–Crippen MR) is 163 cm³/mol. The number of nitrogens with zero attached hydrogens (tertiary/aromatic N) is 1. The lowest BCUT2D eigenvalue weighted by Crippen LogP contribution is -2.60. The molecule has 5 amide bonds. The maximum Gasteiger partial charge on any atom is 0.410 e. The van der Waals surface area contributed by atoms with E-state index in [0.29, 0.717) is 0 Å². The van der Waals surface area contributed by atoms with Gasteiger partial charge in [-0.05, 0) is 50.9 Å². The zero-order chi connectivity index (χ0) is 33.8. The molecule has 0 aromatic carbocycles. The Hall–Kier alpha value is -3.38. The van der Waals surface area contributed by atoms with Crippen LogP contribution in [-0.4, -0.2) is 91.1 Å². The van der Waals surface area contributed by atoms with Gasteiger partial charge in [-0.3, -0.25) is 19.2 Å². The van der Waals surface area contributed by atoms with Gasteiger partial charge in [0.2, 0.25) is 23.6 Å². The minimum absolute atomic E-state index is 0.0173. The van der Waals surface area contributed by atoms with Crippen LogP contribution in [0.2, 0.25) is 0 Å². The van der Waals surface area contributed by atoms with E-state index in [1.807, 2.05) is 13.8 Å². The van der Waals surface area contributed by atoms with Crippen molar-refractivity contribution in [1.82, 2.24) is 26.2 Å². The van der Waals surface area contributed by atoms with Gasteiger partial charge in [-0.25, -0.2) is 9.59 Å². The van der Waals surface area contributed by atoms with Gasteiger partial charge >= 0.3 is 12.1 Å². The number of carbonyl (C=O) groups is 6. The Balaban J connectivity index is 5.72. The summed E-state index contributed by atoms with van der Waals surface area (Å²) in [5, 5.41) is 10.8. The number of rotatable bonds is 15. The van der Waals surface area contributed by atoms with Crippen LogP contribution in [0.3, 0.4) is 0 Å². The van der Waals surface area contributed by atoms with Crippen LogP contribution in [0.5, 0.6) is 0 Å². The second-order valence-corrected chi connectivity index (χ2v) is 13.3. The molecule has 0 heterocycles. The van der Waals surface area contributed by atoms with Crippen molar-refractivity contribution in [3.63, 3.8) is 0 Å². The first-order valence-corrected chi connectivity index (χ1v) is 14.8. The number of hydrogen-bond acceptors (Lipinski definition) is 8. The van der Waals surface area contributed by atoms with E-state index in [4.69, 9.17) is 9.47 Å². The molecule has 13 nitrogen and oxygen atoms in total. The van der Waals surface area contributed by atoms with Crippen molar-refractivity contribution in [2.24, 2.45) is 23.7 Å². The molecule has 4 N–H and O–H groups in total. The number of methoxy groups -OCH3 is 1. The van der Waals surface area contributed by atoms with Crippen molar-refractivity contribution in [2.45, 2.75) is 112 Å². The molecule has 0 unspecified atom stereocenters. The lowest BCUT2D eigenvalue weighted by atomic mass is 9.97. The summed E-state index contributed by atoms with van der Waals surface area (Å²) in [6, 6.07) is -3.90. The van der Waals surface area contributed by atoms with E-state index in [0.717, 1.165) is 4.90 Å². The number of nitrogens with one attached hydrogen (secondary N) is 4. The number of ether oxygens (including phenoxy) is 2. The van der Waals surface area contributed by atoms with Gasteiger partial charge in [0.05, 0.1) is 7.11 Å². The fraction of sp³-hybridized carbons (Fsp3) is 0.800. The molecule has 43 heavy (non-hydrogen) atoms. The number of hydrogen-bond donors (Lipinski definition) is 4. The first kappa shape index (κ1) is 39.6. The Labute approximate surface area is 256 Å². The number of likely N-dealkylation sites (N-methyl/N-ethyl adjacent to an activating group) is 1. The molecule has 0 aromatic heterocycles. The largest absolute Gasteiger partial charge is 0.467 e. The highest BCUT2D eigenvalue weighted by Gasteiger charge is 2.35. The van der Waals surface area contributed by atoms with Gasteiger partial charge in [0.15, 0.2) is 0 Å². The smallest absolute Gasteiger partial charge is 0.410 e. The standard InChI is InChI=1S/C30H55N5O8/c1-16(2)14-20(31-21(36)15-35(12)29(41)43-30(9,10)11)25(37)32-22(17(3)4)26(38)33-23(18(5)6)27(39)34-24(19(7)8)28(40)42-13/h16-20,22-24H,14-15H2,1-13H3,(H,31,36)(H,32,37)(H,33,38)(H,34,39)/t20-,22+,23-,24-/m0/s1. The highest BCUT2D eigenvalue weighted by Crippen LogP contribution is 2.12. The van der Waals surface area contributed by atoms with Gasteiger partial charge in [0.25, 0.3) is 0 Å². The van der Waals surface area contributed by atoms with Crippen LogP contribution in [-0.2, 0) is 33.4 Å². The summed E-state index contributed by atoms with van der Waals surface area (Å²) in [7, 11) is 2.65. The third-order valence-corrected chi connectivity index (χ3v) is 6.36. The van der Waals surface area contributed by atoms with Crippen molar-refractivity contribution < 1.29 is 38.2 Å². The molecule has 0 rings (SSSR count). The highest BCUT2D eigenvalue weighted by molar-refractivity contribution is 5.95. The second-order valence-electron chi connectivity index (χ2n) is 13.3. The fourth-order valence-electron chi connectivity index (χ4n) is 4.00. The van der Waals surface area contributed by atoms with E-state index in [1.165, 1.54) is 14.2 Å². The molecule has 13 heteroatoms. The summed E-state index contributed by atoms with van der Waals surface area (Å²) in [5.41, 5.74) is -0.735. The molecule has 4 atom stereocenters. The average Bonchev–Trinajstić information content (AvgIpc) is 2.85. The quantitative estimate of drug-likeness (QED) is 0.203. The minimum Gasteiger partial charge on any atom is -0.467 e. The molecule has 0 fully saturated rings. The summed E-state index contributed by atoms with van der Waals surface area (Å²) < 4.78 is 10.1. The summed E-state index contributed by atoms with van der Waals surface area (Å²) in [6.07, 6.45) is -0.402. The Morgan fingerprint density at radius 3 is 1.47 bits per heavy atom. The van der Waals surface area contributed by atoms with Crippen molar-refractivity contribution in [1.29, 1.82) is 0 Å². The maximum absolute atomic E-state index is 13.4. The minimum atomic E-state index is -1.03. The molecule has 0 bridgehead atoms. The van der Waals surface area contributed by atoms with Crippen molar-refractivity contribution in [2.75, 3.05) is 20.7 Å². The highest BCUT2D eigenvalue weighted by atomic mass is 16.6. The molecule has 0 aliphatic carbocycles. The third-order valence-electron chi connectivity index (χ3n) is 6.36. The molecule has 248 valence electrons. The average molecular weight is 614 g/mol. The van der Waals surface area contributed by atoms with Gasteiger partial charge in [-0.15, -0.1) is 0 Å². The van der Waals surface area contributed by atoms with Gasteiger partial charge in [0, 0.05) is 7.05 Å². The zero-order valence-electron chi connectivity index (χ0n) is 28.2. The lowest BCUT2D eigenvalue weighted by molar-refractivity contribution is -0.147. The van der Waals surface area contributed by atoms with Crippen LogP contribution >= 0.6 is 0 Å². The van der Waals surface area contributed by atoms with Crippen LogP contribution in [0.1, 0.15) is 82.6 Å². The van der Waals surface area contributed by atoms with E-state index in [9.17, 15) is 28.8 Å². The number of carbonyl (C=O) groups excluding carboxylic acids is 6. The Morgan fingerprint density at radius 1 is 0.674 bits per heavy atom. The molecule has 0 saturated carbocycles. The molecular weight excluding hydrogens is 558 g/mol. The van der Waals surface area contributed by atoms with Gasteiger partial charge in [-0.1, -0.05) is 55.4 Å². The summed E-state index contributed by atoms with van der Waals surface area (Å²) in [6.45, 7) is 19.1. The first-order chi connectivity index (χ1) is 19.6. The van der Waals surface area contributed by atoms with Gasteiger partial charge < -0.3 is 35.6 Å². The molecule has 0 radical (unpaired) electrons. The van der Waals surface area contributed by atoms with E-state index >= 15 is 0 Å². The van der Waals surface area contributed by atoms with E-state index in [-0.39, 0.29) is 36.6 Å². The monoisotopic (exact) mass is 613 g/mol. The Morgan fingerprint density at radius 2 is 1.09 bits per heavy atom. The lowest BCUT2D eigenvalue weighted by Gasteiger charge is -2.30. The van der Waals surface area contributed by atoms with E-state index < -0.39 is 65.5 Å². The van der Waals surface area contributed by atoms with Gasteiger partial charge in [0.1, 0.15) is 36.3 Å². The summed E-state index contributed by atoms with van der Waals surface area (Å²) >= 11 is 0. The van der Waals surface area contributed by atoms with E-state index in [2.05, 4.69) is 21.3 Å². The topological polar surface area (TPSA) is 172 Å². The van der Waals surface area contributed by atoms with E-state index in [1.54, 1.807) is 62.3 Å². The van der Waals surface area contributed by atoms with Gasteiger partial charge in [-0.2, -0.15) is 0 Å². The predicted octanol–water partition coefficient (Wildman–Crippen LogP) is 1.98. The molecule has 0 aliphatic rings. The number of esters is 1. The van der Waals surface area contributed by atoms with Crippen molar-refractivity contribution in [3.05, 3.63) is 0 Å². The Kier molecular flexibility index (Phi) is 16.3. The van der Waals surface area contributed by atoms with Crippen LogP contribution in [0.15, 0.2) is 0 Å². The zero-order valence-corrected chi connectivity index (χ0v) is 28.2. The summed E-state index contributed by atoms with van der Waals surface area (Å²) in [5.74, 6) is -3.83. The molecule has 0 spiro atoms. The maximum atomic E-state index is 13.4. The normalized spacial score (nSPS) is 14.4. The van der Waals surface area contributed by atoms with Crippen LogP contribution in [0, 0.1) is 23.7 Å². The third kappa shape index (κ3) is 14.6. The SMILES string of the molecule is COC(=O)[C@@H](NC(=O)[C@@H](NC(=O)[C@H](NC(=O)[C@H](CC(C)C)NC(=O)CN(C)C(=O)OC(C)(C)C)C(C)C)C(C)C)C(C)C. The molecule has 0 aromatic rings. The molecule has 0 aliphatic heterocycles. The van der Waals surface area contributed by atoms with Crippen LogP contribution in [0.4, 0.5) is 4.79 Å². The van der Waals surface area contributed by atoms with Crippen molar-refractivity contribution >= 4 is 35.7 Å². The Bertz CT molecular complexity index is 974. The number of amides is 5. The molecular formula is C30H55N5O8. The van der Waals surface area contributed by atoms with Crippen LogP contribution < -0.4 is 21.3 Å². The van der Waals surface area contributed by atoms with Crippen molar-refractivity contribution in [3.8, 4) is 0 Å². The first-order valence-electron chi connectivity index (χ1n) is 14.8. The van der Waals surface area contributed by atoms with Crippen LogP contribution in [0.25, 0.3) is 0 Å². The second kappa shape index (κ2) is 17.7. The summed E-state index contributed by atoms with van der Waals surface area (Å²) in [4.78, 5) is 78.2.